The largest absolute Gasteiger partial charge is 0.411 e. The summed E-state index contributed by atoms with van der Waals surface area (Å²) in [5, 5.41) is 4.87. The first-order valence-electron chi connectivity index (χ1n) is 6.42. The van der Waals surface area contributed by atoms with E-state index in [0.717, 1.165) is 11.4 Å². The van der Waals surface area contributed by atoms with Gasteiger partial charge in [0.15, 0.2) is 0 Å². The van der Waals surface area contributed by atoms with Gasteiger partial charge in [-0.3, -0.25) is 4.68 Å². The van der Waals surface area contributed by atoms with Gasteiger partial charge in [0.05, 0.1) is 23.0 Å². The number of alkyl halides is 3. The Morgan fingerprint density at radius 2 is 2.05 bits per heavy atom. The minimum atomic E-state index is -4.34. The maximum absolute atomic E-state index is 12.0. The van der Waals surface area contributed by atoms with Gasteiger partial charge in [0.2, 0.25) is 0 Å². The van der Waals surface area contributed by atoms with Gasteiger partial charge in [0.25, 0.3) is 0 Å². The normalized spacial score (nSPS) is 13.8. The zero-order chi connectivity index (χ0) is 15.3. The van der Waals surface area contributed by atoms with Crippen molar-refractivity contribution in [2.45, 2.75) is 45.5 Å². The van der Waals surface area contributed by atoms with Crippen LogP contribution >= 0.6 is 11.6 Å². The molecule has 0 aliphatic rings. The lowest BCUT2D eigenvalue weighted by molar-refractivity contribution is -0.174. The molecule has 2 N–H and O–H groups in total. The third-order valence-corrected chi connectivity index (χ3v) is 3.18. The average molecular weight is 314 g/mol. The number of rotatable bonds is 7. The van der Waals surface area contributed by atoms with Crippen molar-refractivity contribution < 1.29 is 17.9 Å². The summed E-state index contributed by atoms with van der Waals surface area (Å²) in [6.45, 7) is 3.02. The number of halogens is 4. The second kappa shape index (κ2) is 7.28. The predicted octanol–water partition coefficient (Wildman–Crippen LogP) is 2.57. The minimum Gasteiger partial charge on any atom is -0.370 e. The molecule has 116 valence electrons. The van der Waals surface area contributed by atoms with Crippen LogP contribution in [0.5, 0.6) is 0 Å². The molecule has 0 spiro atoms. The van der Waals surface area contributed by atoms with E-state index in [1.54, 1.807) is 4.68 Å². The van der Waals surface area contributed by atoms with Crippen molar-refractivity contribution in [1.29, 1.82) is 0 Å². The number of aromatic nitrogens is 2. The summed E-state index contributed by atoms with van der Waals surface area (Å²) >= 11 is 6.20. The maximum atomic E-state index is 12.0. The zero-order valence-corrected chi connectivity index (χ0v) is 12.3. The van der Waals surface area contributed by atoms with E-state index in [-0.39, 0.29) is 6.61 Å². The van der Waals surface area contributed by atoms with Crippen molar-refractivity contribution in [1.82, 2.24) is 9.78 Å². The van der Waals surface area contributed by atoms with Crippen molar-refractivity contribution in [3.63, 3.8) is 0 Å². The van der Waals surface area contributed by atoms with E-state index in [9.17, 15) is 13.2 Å². The Morgan fingerprint density at radius 1 is 1.40 bits per heavy atom. The second-order valence-corrected chi connectivity index (χ2v) is 4.85. The molecule has 4 nitrogen and oxygen atoms in total. The SMILES string of the molecule is CCc1nn(CC)c(CC(N)COCC(F)(F)F)c1Cl. The summed E-state index contributed by atoms with van der Waals surface area (Å²) in [6.07, 6.45) is -3.31. The summed E-state index contributed by atoms with van der Waals surface area (Å²) in [5.74, 6) is 0. The van der Waals surface area contributed by atoms with Gasteiger partial charge in [-0.05, 0) is 13.3 Å². The first kappa shape index (κ1) is 17.3. The lowest BCUT2D eigenvalue weighted by Gasteiger charge is -2.14. The molecule has 0 aromatic carbocycles. The molecular weight excluding hydrogens is 295 g/mol. The van der Waals surface area contributed by atoms with Crippen LogP contribution in [0.25, 0.3) is 0 Å². The summed E-state index contributed by atoms with van der Waals surface area (Å²) in [6, 6.07) is -0.554. The van der Waals surface area contributed by atoms with Crippen LogP contribution in [0.2, 0.25) is 5.02 Å². The van der Waals surface area contributed by atoms with Gasteiger partial charge in [0.1, 0.15) is 6.61 Å². The number of hydrogen-bond acceptors (Lipinski definition) is 3. The first-order valence-corrected chi connectivity index (χ1v) is 6.80. The zero-order valence-electron chi connectivity index (χ0n) is 11.5. The van der Waals surface area contributed by atoms with Crippen LogP contribution in [0.4, 0.5) is 13.2 Å². The van der Waals surface area contributed by atoms with Crippen LogP contribution in [0.1, 0.15) is 25.2 Å². The maximum Gasteiger partial charge on any atom is 0.411 e. The third-order valence-electron chi connectivity index (χ3n) is 2.75. The number of aryl methyl sites for hydroxylation is 2. The van der Waals surface area contributed by atoms with Crippen molar-refractivity contribution >= 4 is 11.6 Å². The average Bonchev–Trinajstić information content (AvgIpc) is 2.64. The van der Waals surface area contributed by atoms with Crippen molar-refractivity contribution in [3.8, 4) is 0 Å². The van der Waals surface area contributed by atoms with Crippen molar-refractivity contribution in [2.24, 2.45) is 5.73 Å². The van der Waals surface area contributed by atoms with E-state index < -0.39 is 18.8 Å². The Kier molecular flexibility index (Phi) is 6.29. The molecule has 20 heavy (non-hydrogen) atoms. The fourth-order valence-corrected chi connectivity index (χ4v) is 2.19. The van der Waals surface area contributed by atoms with Gasteiger partial charge in [-0.2, -0.15) is 18.3 Å². The Hall–Kier alpha value is -0.790. The molecule has 1 aromatic heterocycles. The van der Waals surface area contributed by atoms with Gasteiger partial charge in [-0.1, -0.05) is 18.5 Å². The number of nitrogens with two attached hydrogens (primary N) is 1. The molecule has 0 radical (unpaired) electrons. The molecule has 1 atom stereocenters. The van der Waals surface area contributed by atoms with E-state index in [0.29, 0.717) is 24.4 Å². The van der Waals surface area contributed by atoms with E-state index in [4.69, 9.17) is 17.3 Å². The number of hydrogen-bond donors (Lipinski definition) is 1. The van der Waals surface area contributed by atoms with Crippen LogP contribution in [0.15, 0.2) is 0 Å². The smallest absolute Gasteiger partial charge is 0.370 e. The number of ether oxygens (including phenoxy) is 1. The highest BCUT2D eigenvalue weighted by Gasteiger charge is 2.28. The third kappa shape index (κ3) is 4.96. The first-order chi connectivity index (χ1) is 9.28. The molecule has 1 aromatic rings. The molecular formula is C12H19ClF3N3O. The molecule has 0 saturated heterocycles. The summed E-state index contributed by atoms with van der Waals surface area (Å²) in [7, 11) is 0. The van der Waals surface area contributed by atoms with Gasteiger partial charge in [0, 0.05) is 19.0 Å². The molecule has 1 unspecified atom stereocenters. The van der Waals surface area contributed by atoms with Gasteiger partial charge >= 0.3 is 6.18 Å². The van der Waals surface area contributed by atoms with E-state index in [2.05, 4.69) is 9.84 Å². The van der Waals surface area contributed by atoms with Crippen LogP contribution in [-0.2, 0) is 24.1 Å². The molecule has 0 bridgehead atoms. The Bertz CT molecular complexity index is 434. The molecule has 0 aliphatic carbocycles. The summed E-state index contributed by atoms with van der Waals surface area (Å²) in [5.41, 5.74) is 7.30. The summed E-state index contributed by atoms with van der Waals surface area (Å²) in [4.78, 5) is 0. The highest BCUT2D eigenvalue weighted by Crippen LogP contribution is 2.23. The molecule has 0 fully saturated rings. The second-order valence-electron chi connectivity index (χ2n) is 4.47. The topological polar surface area (TPSA) is 53.1 Å². The molecule has 0 amide bonds. The highest BCUT2D eigenvalue weighted by molar-refractivity contribution is 6.31. The Morgan fingerprint density at radius 3 is 2.55 bits per heavy atom. The monoisotopic (exact) mass is 313 g/mol. The van der Waals surface area contributed by atoms with E-state index in [1.165, 1.54) is 0 Å². The van der Waals surface area contributed by atoms with Crippen LogP contribution < -0.4 is 5.73 Å². The van der Waals surface area contributed by atoms with Gasteiger partial charge in [-0.15, -0.1) is 0 Å². The van der Waals surface area contributed by atoms with E-state index >= 15 is 0 Å². The molecule has 0 aliphatic heterocycles. The lowest BCUT2D eigenvalue weighted by atomic mass is 10.1. The lowest BCUT2D eigenvalue weighted by Crippen LogP contribution is -2.32. The molecule has 8 heteroatoms. The van der Waals surface area contributed by atoms with Crippen LogP contribution in [-0.4, -0.2) is 35.2 Å². The van der Waals surface area contributed by atoms with Crippen LogP contribution in [0.3, 0.4) is 0 Å². The summed E-state index contributed by atoms with van der Waals surface area (Å²) < 4.78 is 42.2. The minimum absolute atomic E-state index is 0.174. The predicted molar refractivity (Wildman–Crippen MR) is 70.8 cm³/mol. The van der Waals surface area contributed by atoms with E-state index in [1.807, 2.05) is 13.8 Å². The Balaban J connectivity index is 2.61. The van der Waals surface area contributed by atoms with Gasteiger partial charge < -0.3 is 10.5 Å². The number of nitrogens with zero attached hydrogens (tertiary/aromatic N) is 2. The molecule has 1 heterocycles. The van der Waals surface area contributed by atoms with Gasteiger partial charge in [-0.25, -0.2) is 0 Å². The quantitative estimate of drug-likeness (QED) is 0.841. The fourth-order valence-electron chi connectivity index (χ4n) is 1.85. The van der Waals surface area contributed by atoms with Crippen LogP contribution in [0, 0.1) is 0 Å². The Labute approximate surface area is 121 Å². The standard InChI is InChI=1S/C12H19ClF3N3O/c1-3-9-11(13)10(19(4-2)18-9)5-8(17)6-20-7-12(14,15)16/h8H,3-7,17H2,1-2H3. The molecule has 1 rings (SSSR count). The fraction of sp³-hybridized carbons (Fsp3) is 0.750. The molecule has 0 saturated carbocycles. The highest BCUT2D eigenvalue weighted by atomic mass is 35.5. The van der Waals surface area contributed by atoms with Crippen molar-refractivity contribution in [3.05, 3.63) is 16.4 Å². The van der Waals surface area contributed by atoms with Crippen molar-refractivity contribution in [2.75, 3.05) is 13.2 Å².